The second kappa shape index (κ2) is 9.06. The summed E-state index contributed by atoms with van der Waals surface area (Å²) in [5.74, 6) is 1.59. The van der Waals surface area contributed by atoms with Crippen molar-refractivity contribution in [1.82, 2.24) is 10.2 Å². The van der Waals surface area contributed by atoms with Gasteiger partial charge in [-0.05, 0) is 24.1 Å². The molecule has 2 fully saturated rings. The number of nitrogens with zero attached hydrogens (tertiary/aromatic N) is 3. The number of anilines is 1. The van der Waals surface area contributed by atoms with E-state index in [1.54, 1.807) is 7.11 Å². The van der Waals surface area contributed by atoms with Gasteiger partial charge in [-0.2, -0.15) is 0 Å². The van der Waals surface area contributed by atoms with E-state index in [4.69, 9.17) is 9.47 Å². The molecule has 1 unspecified atom stereocenters. The van der Waals surface area contributed by atoms with Crippen molar-refractivity contribution in [3.63, 3.8) is 0 Å². The number of methoxy groups -OCH3 is 1. The van der Waals surface area contributed by atoms with Gasteiger partial charge in [-0.1, -0.05) is 12.1 Å². The first-order chi connectivity index (χ1) is 12.3. The molecule has 0 aliphatic carbocycles. The van der Waals surface area contributed by atoms with Crippen LogP contribution in [0.5, 0.6) is 0 Å². The van der Waals surface area contributed by atoms with Crippen LogP contribution in [0.2, 0.25) is 0 Å². The Morgan fingerprint density at radius 3 is 2.68 bits per heavy atom. The van der Waals surface area contributed by atoms with Crippen LogP contribution in [0.4, 0.5) is 5.69 Å². The minimum Gasteiger partial charge on any atom is -0.384 e. The van der Waals surface area contributed by atoms with E-state index in [0.717, 1.165) is 58.5 Å². The Hall–Kier alpha value is -1.79. The lowest BCUT2D eigenvalue weighted by Gasteiger charge is -2.29. The number of aliphatic imine (C=N–C) groups is 1. The number of rotatable bonds is 5. The Bertz CT molecular complexity index is 555. The lowest BCUT2D eigenvalue weighted by atomic mass is 10.1. The van der Waals surface area contributed by atoms with Crippen molar-refractivity contribution in [3.05, 3.63) is 29.8 Å². The number of benzene rings is 1. The van der Waals surface area contributed by atoms with Gasteiger partial charge in [0.2, 0.25) is 0 Å². The minimum absolute atomic E-state index is 0.608. The number of ether oxygens (including phenoxy) is 2. The summed E-state index contributed by atoms with van der Waals surface area (Å²) in [6.45, 7) is 7.27. The van der Waals surface area contributed by atoms with E-state index in [-0.39, 0.29) is 0 Å². The van der Waals surface area contributed by atoms with Gasteiger partial charge in [-0.25, -0.2) is 0 Å². The number of hydrogen-bond acceptors (Lipinski definition) is 4. The van der Waals surface area contributed by atoms with E-state index >= 15 is 0 Å². The second-order valence-corrected chi connectivity index (χ2v) is 6.72. The van der Waals surface area contributed by atoms with Crippen molar-refractivity contribution in [3.8, 4) is 0 Å². The van der Waals surface area contributed by atoms with Crippen molar-refractivity contribution in [2.45, 2.75) is 13.0 Å². The molecule has 138 valence electrons. The van der Waals surface area contributed by atoms with E-state index in [0.29, 0.717) is 5.92 Å². The van der Waals surface area contributed by atoms with Crippen molar-refractivity contribution in [2.24, 2.45) is 10.9 Å². The molecular weight excluding hydrogens is 316 g/mol. The molecule has 1 aromatic carbocycles. The first kappa shape index (κ1) is 18.0. The Morgan fingerprint density at radius 2 is 2.00 bits per heavy atom. The highest BCUT2D eigenvalue weighted by Gasteiger charge is 2.24. The van der Waals surface area contributed by atoms with Crippen LogP contribution in [0.3, 0.4) is 0 Å². The van der Waals surface area contributed by atoms with Crippen LogP contribution in [-0.4, -0.2) is 71.0 Å². The van der Waals surface area contributed by atoms with Gasteiger partial charge in [0.1, 0.15) is 0 Å². The monoisotopic (exact) mass is 346 g/mol. The van der Waals surface area contributed by atoms with E-state index < -0.39 is 0 Å². The lowest BCUT2D eigenvalue weighted by molar-refractivity contribution is 0.122. The van der Waals surface area contributed by atoms with Crippen LogP contribution in [-0.2, 0) is 16.0 Å². The summed E-state index contributed by atoms with van der Waals surface area (Å²) in [5.41, 5.74) is 2.55. The predicted octanol–water partition coefficient (Wildman–Crippen LogP) is 1.57. The number of morpholine rings is 1. The molecule has 0 aromatic heterocycles. The molecule has 2 aliphatic heterocycles. The van der Waals surface area contributed by atoms with Crippen molar-refractivity contribution in [2.75, 3.05) is 65.1 Å². The van der Waals surface area contributed by atoms with Crippen LogP contribution in [0.1, 0.15) is 12.0 Å². The number of guanidine groups is 1. The molecule has 1 aromatic rings. The van der Waals surface area contributed by atoms with Gasteiger partial charge >= 0.3 is 0 Å². The maximum Gasteiger partial charge on any atom is 0.193 e. The van der Waals surface area contributed by atoms with Crippen LogP contribution in [0, 0.1) is 5.92 Å². The number of hydrogen-bond donors (Lipinski definition) is 1. The maximum atomic E-state index is 5.42. The van der Waals surface area contributed by atoms with Gasteiger partial charge in [0, 0.05) is 58.5 Å². The highest BCUT2D eigenvalue weighted by Crippen LogP contribution is 2.18. The third-order valence-electron chi connectivity index (χ3n) is 4.96. The predicted molar refractivity (Wildman–Crippen MR) is 101 cm³/mol. The third kappa shape index (κ3) is 4.86. The van der Waals surface area contributed by atoms with Crippen molar-refractivity contribution < 1.29 is 9.47 Å². The highest BCUT2D eigenvalue weighted by molar-refractivity contribution is 5.80. The van der Waals surface area contributed by atoms with Gasteiger partial charge in [0.05, 0.1) is 19.8 Å². The molecule has 25 heavy (non-hydrogen) atoms. The van der Waals surface area contributed by atoms with Crippen molar-refractivity contribution >= 4 is 11.6 Å². The van der Waals surface area contributed by atoms with E-state index in [9.17, 15) is 0 Å². The Labute approximate surface area is 150 Å². The minimum atomic E-state index is 0.608. The molecule has 2 saturated heterocycles. The molecule has 0 radical (unpaired) electrons. The zero-order valence-corrected chi connectivity index (χ0v) is 15.4. The van der Waals surface area contributed by atoms with E-state index in [2.05, 4.69) is 44.4 Å². The van der Waals surface area contributed by atoms with Gasteiger partial charge in [0.15, 0.2) is 5.96 Å². The first-order valence-electron chi connectivity index (χ1n) is 9.16. The molecule has 0 amide bonds. The lowest BCUT2D eigenvalue weighted by Crippen LogP contribution is -2.39. The quantitative estimate of drug-likeness (QED) is 0.648. The number of nitrogens with one attached hydrogen (secondary N) is 1. The van der Waals surface area contributed by atoms with E-state index in [1.165, 1.54) is 17.7 Å². The Kier molecular flexibility index (Phi) is 6.53. The summed E-state index contributed by atoms with van der Waals surface area (Å²) in [6.07, 6.45) is 1.17. The zero-order valence-electron chi connectivity index (χ0n) is 15.4. The van der Waals surface area contributed by atoms with Crippen LogP contribution >= 0.6 is 0 Å². The topological polar surface area (TPSA) is 49.3 Å². The van der Waals surface area contributed by atoms with Crippen LogP contribution in [0.15, 0.2) is 29.3 Å². The van der Waals surface area contributed by atoms with Gasteiger partial charge in [-0.3, -0.25) is 4.99 Å². The molecule has 0 bridgehead atoms. The molecule has 6 heteroatoms. The summed E-state index contributed by atoms with van der Waals surface area (Å²) in [4.78, 5) is 9.14. The molecule has 1 atom stereocenters. The van der Waals surface area contributed by atoms with Crippen LogP contribution < -0.4 is 10.2 Å². The average molecular weight is 346 g/mol. The highest BCUT2D eigenvalue weighted by atomic mass is 16.5. The SMILES string of the molecule is CN=C(NCc1ccc(N2CCOCC2)cc1)N1CCC(COC)C1. The molecule has 3 rings (SSSR count). The fraction of sp³-hybridized carbons (Fsp3) is 0.632. The smallest absolute Gasteiger partial charge is 0.193 e. The fourth-order valence-corrected chi connectivity index (χ4v) is 3.56. The summed E-state index contributed by atoms with van der Waals surface area (Å²) in [6, 6.07) is 8.80. The molecular formula is C19H30N4O2. The third-order valence-corrected chi connectivity index (χ3v) is 4.96. The molecule has 0 saturated carbocycles. The summed E-state index contributed by atoms with van der Waals surface area (Å²) >= 11 is 0. The largest absolute Gasteiger partial charge is 0.384 e. The normalized spacial score (nSPS) is 21.7. The van der Waals surface area contributed by atoms with Gasteiger partial charge < -0.3 is 24.6 Å². The molecule has 1 N–H and O–H groups in total. The molecule has 6 nitrogen and oxygen atoms in total. The maximum absolute atomic E-state index is 5.42. The number of likely N-dealkylation sites (tertiary alicyclic amines) is 1. The summed E-state index contributed by atoms with van der Waals surface area (Å²) in [7, 11) is 3.63. The van der Waals surface area contributed by atoms with Crippen LogP contribution in [0.25, 0.3) is 0 Å². The van der Waals surface area contributed by atoms with E-state index in [1.807, 2.05) is 7.05 Å². The summed E-state index contributed by atoms with van der Waals surface area (Å²) in [5, 5.41) is 3.49. The molecule has 2 aliphatic rings. The Balaban J connectivity index is 1.50. The molecule has 2 heterocycles. The van der Waals surface area contributed by atoms with Gasteiger partial charge in [0.25, 0.3) is 0 Å². The average Bonchev–Trinajstić information content (AvgIpc) is 3.12. The Morgan fingerprint density at radius 1 is 1.24 bits per heavy atom. The molecule has 0 spiro atoms. The van der Waals surface area contributed by atoms with Gasteiger partial charge in [-0.15, -0.1) is 0 Å². The second-order valence-electron chi connectivity index (χ2n) is 6.72. The standard InChI is InChI=1S/C19H30N4O2/c1-20-19(23-8-7-17(14-23)15-24-2)21-13-16-3-5-18(6-4-16)22-9-11-25-12-10-22/h3-6,17H,7-15H2,1-2H3,(H,20,21). The van der Waals surface area contributed by atoms with Crippen molar-refractivity contribution in [1.29, 1.82) is 0 Å². The zero-order chi connectivity index (χ0) is 17.5. The summed E-state index contributed by atoms with van der Waals surface area (Å²) < 4.78 is 10.7. The first-order valence-corrected chi connectivity index (χ1v) is 9.16. The fourth-order valence-electron chi connectivity index (χ4n) is 3.56.